The van der Waals surface area contributed by atoms with E-state index in [1.165, 1.54) is 0 Å². The van der Waals surface area contributed by atoms with Gasteiger partial charge in [0.2, 0.25) is 0 Å². The molecule has 4 nitrogen and oxygen atoms in total. The van der Waals surface area contributed by atoms with E-state index in [1.54, 1.807) is 24.3 Å². The van der Waals surface area contributed by atoms with Crippen LogP contribution >= 0.6 is 23.2 Å². The molecule has 1 aliphatic carbocycles. The average molecular weight is 338 g/mol. The quantitative estimate of drug-likeness (QED) is 0.792. The molecule has 2 aliphatic rings. The summed E-state index contributed by atoms with van der Waals surface area (Å²) < 4.78 is 3.44. The molecule has 1 aromatic rings. The molecule has 1 aromatic carbocycles. The molecular formula is C16H13Cl2NO3. The molecule has 114 valence electrons. The second-order valence-electron chi connectivity index (χ2n) is 4.78. The second-order valence-corrected chi connectivity index (χ2v) is 6.03. The molecule has 0 aromatic heterocycles. The number of hydroxylamine groups is 2. The van der Waals surface area contributed by atoms with Crippen LogP contribution in [0.15, 0.2) is 66.4 Å². The number of carbonyl (C=O) groups excluding carboxylic acids is 1. The van der Waals surface area contributed by atoms with Gasteiger partial charge in [0.15, 0.2) is 0 Å². The molecule has 1 atom stereocenters. The number of carbonyl (C=O) groups is 1. The van der Waals surface area contributed by atoms with E-state index in [1.807, 2.05) is 36.4 Å². The number of alkyl halides is 2. The first-order valence-corrected chi connectivity index (χ1v) is 7.45. The van der Waals surface area contributed by atoms with Gasteiger partial charge in [-0.2, -0.15) is 5.06 Å². The van der Waals surface area contributed by atoms with Gasteiger partial charge in [-0.3, -0.25) is 9.63 Å². The van der Waals surface area contributed by atoms with Crippen molar-refractivity contribution in [3.05, 3.63) is 72.0 Å². The summed E-state index contributed by atoms with van der Waals surface area (Å²) in [5, 5.41) is 1.11. The molecule has 3 rings (SSSR count). The molecule has 6 heteroatoms. The van der Waals surface area contributed by atoms with Gasteiger partial charge in [-0.15, -0.1) is 0 Å². The smallest absolute Gasteiger partial charge is 0.315 e. The highest BCUT2D eigenvalue weighted by Crippen LogP contribution is 2.37. The third-order valence-corrected chi connectivity index (χ3v) is 3.71. The minimum absolute atomic E-state index is 0.216. The Balaban J connectivity index is 1.85. The summed E-state index contributed by atoms with van der Waals surface area (Å²) in [5.41, 5.74) is 1.45. The van der Waals surface area contributed by atoms with Gasteiger partial charge in [0, 0.05) is 0 Å². The van der Waals surface area contributed by atoms with Crippen molar-refractivity contribution in [2.75, 3.05) is 0 Å². The normalized spacial score (nSPS) is 23.0. The van der Waals surface area contributed by atoms with Gasteiger partial charge in [-0.05, 0) is 17.7 Å². The molecule has 1 amide bonds. The summed E-state index contributed by atoms with van der Waals surface area (Å²) in [6, 6.07) is 9.50. The number of nitrogens with zero attached hydrogens (tertiary/aromatic N) is 1. The summed E-state index contributed by atoms with van der Waals surface area (Å²) in [6.07, 6.45) is 8.33. The van der Waals surface area contributed by atoms with Gasteiger partial charge in [0.1, 0.15) is 12.7 Å². The van der Waals surface area contributed by atoms with Crippen molar-refractivity contribution in [2.45, 2.75) is 17.2 Å². The predicted molar refractivity (Wildman–Crippen MR) is 83.8 cm³/mol. The zero-order chi connectivity index (χ0) is 15.6. The molecular weight excluding hydrogens is 325 g/mol. The van der Waals surface area contributed by atoms with Crippen molar-refractivity contribution in [1.29, 1.82) is 0 Å². The molecule has 1 unspecified atom stereocenters. The van der Waals surface area contributed by atoms with Crippen LogP contribution in [0.25, 0.3) is 0 Å². The van der Waals surface area contributed by atoms with Gasteiger partial charge in [0.25, 0.3) is 0 Å². The van der Waals surface area contributed by atoms with Crippen molar-refractivity contribution in [2.24, 2.45) is 0 Å². The fraction of sp³-hybridized carbons (Fsp3) is 0.188. The number of hydrogen-bond acceptors (Lipinski definition) is 3. The zero-order valence-electron chi connectivity index (χ0n) is 11.5. The van der Waals surface area contributed by atoms with Crippen LogP contribution in [-0.4, -0.2) is 21.6 Å². The standard InChI is InChI=1S/C16H13Cl2NO3/c17-16(18)15(20)19(21-11-12-7-3-1-4-8-12)13-9-5-2-6-10-14(13)22-16/h1-10,14H,11H2. The fourth-order valence-electron chi connectivity index (χ4n) is 2.15. The Hall–Kier alpha value is -1.59. The number of rotatable bonds is 3. The SMILES string of the molecule is O=C1N(OCc2ccccc2)C2=CC=CC=CC2OC1(Cl)Cl. The number of hydrogen-bond donors (Lipinski definition) is 0. The van der Waals surface area contributed by atoms with Crippen molar-refractivity contribution >= 4 is 29.1 Å². The number of morpholine rings is 1. The molecule has 1 heterocycles. The van der Waals surface area contributed by atoms with Crippen LogP contribution in [-0.2, 0) is 21.0 Å². The Morgan fingerprint density at radius 2 is 1.95 bits per heavy atom. The van der Waals surface area contributed by atoms with E-state index >= 15 is 0 Å². The lowest BCUT2D eigenvalue weighted by Crippen LogP contribution is -2.52. The molecule has 1 fully saturated rings. The highest BCUT2D eigenvalue weighted by molar-refractivity contribution is 6.56. The first-order chi connectivity index (χ1) is 10.6. The number of ether oxygens (including phenoxy) is 1. The number of allylic oxidation sites excluding steroid dienone is 4. The predicted octanol–water partition coefficient (Wildman–Crippen LogP) is 3.49. The van der Waals surface area contributed by atoms with E-state index in [9.17, 15) is 4.79 Å². The molecule has 0 spiro atoms. The van der Waals surface area contributed by atoms with Gasteiger partial charge in [-0.1, -0.05) is 71.8 Å². The Kier molecular flexibility index (Phi) is 4.36. The Bertz CT molecular complexity index is 653. The number of halogens is 2. The summed E-state index contributed by atoms with van der Waals surface area (Å²) in [6.45, 7) is 0.216. The number of benzene rings is 1. The van der Waals surface area contributed by atoms with Gasteiger partial charge < -0.3 is 4.74 Å². The highest BCUT2D eigenvalue weighted by Gasteiger charge is 2.49. The molecule has 1 aliphatic heterocycles. The first kappa shape index (κ1) is 15.3. The maximum Gasteiger partial charge on any atom is 0.315 e. The van der Waals surface area contributed by atoms with E-state index in [2.05, 4.69) is 0 Å². The van der Waals surface area contributed by atoms with E-state index in [0.717, 1.165) is 10.6 Å². The summed E-state index contributed by atoms with van der Waals surface area (Å²) in [4.78, 5) is 18.0. The van der Waals surface area contributed by atoms with Crippen molar-refractivity contribution < 1.29 is 14.4 Å². The highest BCUT2D eigenvalue weighted by atomic mass is 35.5. The van der Waals surface area contributed by atoms with E-state index in [4.69, 9.17) is 32.8 Å². The second kappa shape index (κ2) is 6.26. The van der Waals surface area contributed by atoms with Crippen LogP contribution < -0.4 is 0 Å². The Labute approximate surface area is 138 Å². The topological polar surface area (TPSA) is 38.8 Å². The van der Waals surface area contributed by atoms with E-state index in [0.29, 0.717) is 5.70 Å². The number of amides is 1. The molecule has 0 saturated carbocycles. The molecule has 22 heavy (non-hydrogen) atoms. The fourth-order valence-corrected chi connectivity index (χ4v) is 2.50. The minimum Gasteiger partial charge on any atom is -0.325 e. The van der Waals surface area contributed by atoms with Crippen LogP contribution in [0.1, 0.15) is 5.56 Å². The maximum atomic E-state index is 12.4. The monoisotopic (exact) mass is 337 g/mol. The van der Waals surface area contributed by atoms with E-state index in [-0.39, 0.29) is 6.61 Å². The lowest BCUT2D eigenvalue weighted by Gasteiger charge is -2.38. The van der Waals surface area contributed by atoms with Crippen LogP contribution in [0.2, 0.25) is 0 Å². The maximum absolute atomic E-state index is 12.4. The van der Waals surface area contributed by atoms with Gasteiger partial charge in [0.05, 0.1) is 5.70 Å². The third kappa shape index (κ3) is 3.10. The molecule has 0 radical (unpaired) electrons. The third-order valence-electron chi connectivity index (χ3n) is 3.21. The zero-order valence-corrected chi connectivity index (χ0v) is 13.0. The summed E-state index contributed by atoms with van der Waals surface area (Å²) >= 11 is 11.9. The van der Waals surface area contributed by atoms with Crippen LogP contribution in [0.3, 0.4) is 0 Å². The lowest BCUT2D eigenvalue weighted by atomic mass is 10.2. The Morgan fingerprint density at radius 1 is 1.18 bits per heavy atom. The first-order valence-electron chi connectivity index (χ1n) is 6.70. The van der Waals surface area contributed by atoms with Gasteiger partial charge in [-0.25, -0.2) is 0 Å². The largest absolute Gasteiger partial charge is 0.325 e. The molecule has 0 N–H and O–H groups in total. The van der Waals surface area contributed by atoms with Crippen LogP contribution in [0.4, 0.5) is 0 Å². The number of fused-ring (bicyclic) bond motifs is 1. The Morgan fingerprint density at radius 3 is 2.73 bits per heavy atom. The van der Waals surface area contributed by atoms with Crippen molar-refractivity contribution in [1.82, 2.24) is 5.06 Å². The van der Waals surface area contributed by atoms with Crippen LogP contribution in [0, 0.1) is 0 Å². The minimum atomic E-state index is -1.98. The van der Waals surface area contributed by atoms with Gasteiger partial charge >= 0.3 is 10.4 Å². The van der Waals surface area contributed by atoms with E-state index < -0.39 is 16.5 Å². The average Bonchev–Trinajstić information content (AvgIpc) is 2.73. The van der Waals surface area contributed by atoms with Crippen LogP contribution in [0.5, 0.6) is 0 Å². The summed E-state index contributed by atoms with van der Waals surface area (Å²) in [5.74, 6) is -0.669. The molecule has 0 bridgehead atoms. The lowest BCUT2D eigenvalue weighted by molar-refractivity contribution is -0.207. The summed E-state index contributed by atoms with van der Waals surface area (Å²) in [7, 11) is 0. The van der Waals surface area contributed by atoms with Crippen molar-refractivity contribution in [3.63, 3.8) is 0 Å². The van der Waals surface area contributed by atoms with Crippen molar-refractivity contribution in [3.8, 4) is 0 Å². The molecule has 1 saturated heterocycles.